The number of amides is 2. The van der Waals surface area contributed by atoms with Crippen LogP contribution in [0.25, 0.3) is 11.2 Å². The summed E-state index contributed by atoms with van der Waals surface area (Å²) in [5.74, 6) is -0.692. The molecule has 194 valence electrons. The number of ether oxygens (including phenoxy) is 3. The van der Waals surface area contributed by atoms with E-state index in [0.29, 0.717) is 16.9 Å². The third-order valence-electron chi connectivity index (χ3n) is 6.46. The van der Waals surface area contributed by atoms with E-state index in [4.69, 9.17) is 14.2 Å². The molecule has 2 fully saturated rings. The summed E-state index contributed by atoms with van der Waals surface area (Å²) in [5, 5.41) is 14.7. The Morgan fingerprint density at radius 1 is 0.895 bits per heavy atom. The Bertz CT molecular complexity index is 1450. The highest BCUT2D eigenvalue weighted by Gasteiger charge is 2.53. The summed E-state index contributed by atoms with van der Waals surface area (Å²) in [6.07, 6.45) is 0.215. The molecule has 0 saturated carbocycles. The average molecular weight is 517 g/mol. The number of carbonyl (C=O) groups is 2. The molecule has 0 bridgehead atoms. The van der Waals surface area contributed by atoms with Crippen LogP contribution in [0.3, 0.4) is 0 Å². The highest BCUT2D eigenvalue weighted by Crippen LogP contribution is 2.45. The van der Waals surface area contributed by atoms with Crippen LogP contribution in [0.2, 0.25) is 0 Å². The number of aromatic nitrogens is 4. The first-order chi connectivity index (χ1) is 18.6. The second kappa shape index (κ2) is 10.2. The van der Waals surface area contributed by atoms with Gasteiger partial charge in [0.25, 0.3) is 0 Å². The largest absolute Gasteiger partial charge is 0.481 e. The SMILES string of the molecule is O=C(O)CC[C@H]1O[C@@H](n2cnc3c(NC(=O)Nc4ccccc4)ncnc32)[C@H]2O[C@@H](c3ccccc3)OC12. The molecule has 0 spiro atoms. The maximum Gasteiger partial charge on any atom is 0.324 e. The number of carboxylic acid groups (broad SMARTS) is 1. The number of imidazole rings is 1. The van der Waals surface area contributed by atoms with E-state index in [0.717, 1.165) is 5.56 Å². The molecule has 2 aliphatic rings. The van der Waals surface area contributed by atoms with Gasteiger partial charge in [-0.1, -0.05) is 48.5 Å². The number of benzene rings is 2. The van der Waals surface area contributed by atoms with E-state index in [2.05, 4.69) is 25.6 Å². The zero-order valence-corrected chi connectivity index (χ0v) is 20.0. The fourth-order valence-corrected chi connectivity index (χ4v) is 4.75. The van der Waals surface area contributed by atoms with E-state index in [-0.39, 0.29) is 18.7 Å². The minimum Gasteiger partial charge on any atom is -0.481 e. The molecule has 2 aromatic carbocycles. The fraction of sp³-hybridized carbons (Fsp3) is 0.269. The van der Waals surface area contributed by atoms with Crippen molar-refractivity contribution < 1.29 is 28.9 Å². The molecule has 2 aliphatic heterocycles. The number of para-hydroxylation sites is 1. The minimum absolute atomic E-state index is 0.0720. The zero-order chi connectivity index (χ0) is 26.1. The topological polar surface area (TPSA) is 150 Å². The quantitative estimate of drug-likeness (QED) is 0.334. The van der Waals surface area contributed by atoms with Gasteiger partial charge in [0.1, 0.15) is 18.5 Å². The second-order valence-corrected chi connectivity index (χ2v) is 8.93. The van der Waals surface area contributed by atoms with Gasteiger partial charge in [-0.3, -0.25) is 14.7 Å². The molecular formula is C26H24N6O6. The van der Waals surface area contributed by atoms with Crippen molar-refractivity contribution in [2.24, 2.45) is 0 Å². The number of anilines is 2. The maximum absolute atomic E-state index is 12.6. The van der Waals surface area contributed by atoms with Crippen molar-refractivity contribution in [3.63, 3.8) is 0 Å². The van der Waals surface area contributed by atoms with Crippen LogP contribution in [-0.4, -0.2) is 54.9 Å². The van der Waals surface area contributed by atoms with Gasteiger partial charge in [-0.15, -0.1) is 0 Å². The summed E-state index contributed by atoms with van der Waals surface area (Å²) in [6.45, 7) is 0. The van der Waals surface area contributed by atoms with Crippen molar-refractivity contribution in [1.82, 2.24) is 19.5 Å². The molecule has 0 aliphatic carbocycles. The Kier molecular flexibility index (Phi) is 6.42. The summed E-state index contributed by atoms with van der Waals surface area (Å²) < 4.78 is 20.5. The molecule has 2 saturated heterocycles. The third-order valence-corrected chi connectivity index (χ3v) is 6.46. The number of carbonyl (C=O) groups excluding carboxylic acids is 1. The van der Waals surface area contributed by atoms with Crippen molar-refractivity contribution in [1.29, 1.82) is 0 Å². The van der Waals surface area contributed by atoms with Gasteiger partial charge in [0.2, 0.25) is 0 Å². The van der Waals surface area contributed by atoms with Crippen molar-refractivity contribution in [3.8, 4) is 0 Å². The van der Waals surface area contributed by atoms with E-state index in [1.54, 1.807) is 23.0 Å². The van der Waals surface area contributed by atoms with Crippen LogP contribution in [0.15, 0.2) is 73.3 Å². The first kappa shape index (κ1) is 24.0. The normalized spacial score (nSPS) is 24.3. The average Bonchev–Trinajstić information content (AvgIpc) is 3.63. The number of urea groups is 1. The zero-order valence-electron chi connectivity index (χ0n) is 20.0. The summed E-state index contributed by atoms with van der Waals surface area (Å²) in [6, 6.07) is 18.1. The Labute approximate surface area is 216 Å². The highest BCUT2D eigenvalue weighted by molar-refractivity contribution is 6.02. The van der Waals surface area contributed by atoms with Crippen LogP contribution in [0.4, 0.5) is 16.3 Å². The van der Waals surface area contributed by atoms with E-state index in [9.17, 15) is 14.7 Å². The Balaban J connectivity index is 1.26. The third kappa shape index (κ3) is 4.67. The van der Waals surface area contributed by atoms with Crippen LogP contribution in [0, 0.1) is 0 Å². The molecule has 38 heavy (non-hydrogen) atoms. The maximum atomic E-state index is 12.6. The second-order valence-electron chi connectivity index (χ2n) is 8.93. The number of rotatable bonds is 7. The smallest absolute Gasteiger partial charge is 0.324 e. The summed E-state index contributed by atoms with van der Waals surface area (Å²) in [4.78, 5) is 36.8. The predicted octanol–water partition coefficient (Wildman–Crippen LogP) is 3.72. The van der Waals surface area contributed by atoms with Crippen molar-refractivity contribution >= 4 is 34.7 Å². The van der Waals surface area contributed by atoms with E-state index in [1.807, 2.05) is 48.5 Å². The lowest BCUT2D eigenvalue weighted by Crippen LogP contribution is -2.29. The number of carboxylic acids is 1. The molecule has 2 aromatic heterocycles. The molecule has 12 heteroatoms. The Morgan fingerprint density at radius 3 is 2.39 bits per heavy atom. The Hall–Kier alpha value is -4.39. The first-order valence-corrected chi connectivity index (χ1v) is 12.1. The van der Waals surface area contributed by atoms with Crippen LogP contribution in [-0.2, 0) is 19.0 Å². The molecule has 2 amide bonds. The highest BCUT2D eigenvalue weighted by atomic mass is 16.8. The van der Waals surface area contributed by atoms with Crippen LogP contribution >= 0.6 is 0 Å². The number of nitrogens with one attached hydrogen (secondary N) is 2. The molecule has 6 rings (SSSR count). The molecule has 0 radical (unpaired) electrons. The Morgan fingerprint density at radius 2 is 1.63 bits per heavy atom. The van der Waals surface area contributed by atoms with Gasteiger partial charge in [0, 0.05) is 17.7 Å². The number of nitrogens with zero attached hydrogens (tertiary/aromatic N) is 4. The molecule has 3 N–H and O–H groups in total. The number of hydrogen-bond donors (Lipinski definition) is 3. The number of hydrogen-bond acceptors (Lipinski definition) is 8. The predicted molar refractivity (Wildman–Crippen MR) is 134 cm³/mol. The minimum atomic E-state index is -0.919. The van der Waals surface area contributed by atoms with E-state index < -0.39 is 42.8 Å². The van der Waals surface area contributed by atoms with Crippen molar-refractivity contribution in [2.75, 3.05) is 10.6 Å². The molecule has 4 heterocycles. The molecule has 12 nitrogen and oxygen atoms in total. The van der Waals surface area contributed by atoms with Crippen molar-refractivity contribution in [3.05, 3.63) is 78.9 Å². The van der Waals surface area contributed by atoms with E-state index in [1.165, 1.54) is 6.33 Å². The van der Waals surface area contributed by atoms with Crippen LogP contribution < -0.4 is 10.6 Å². The van der Waals surface area contributed by atoms with Gasteiger partial charge >= 0.3 is 12.0 Å². The lowest BCUT2D eigenvalue weighted by Gasteiger charge is -2.21. The van der Waals surface area contributed by atoms with Gasteiger partial charge in [0.15, 0.2) is 29.5 Å². The lowest BCUT2D eigenvalue weighted by atomic mass is 10.1. The van der Waals surface area contributed by atoms with Gasteiger partial charge in [0.05, 0.1) is 12.4 Å². The summed E-state index contributed by atoms with van der Waals surface area (Å²) in [7, 11) is 0. The lowest BCUT2D eigenvalue weighted by molar-refractivity contribution is -0.151. The summed E-state index contributed by atoms with van der Waals surface area (Å²) >= 11 is 0. The number of fused-ring (bicyclic) bond motifs is 2. The van der Waals surface area contributed by atoms with Crippen LogP contribution in [0.5, 0.6) is 0 Å². The van der Waals surface area contributed by atoms with Crippen LogP contribution in [0.1, 0.15) is 30.9 Å². The summed E-state index contributed by atoms with van der Waals surface area (Å²) in [5.41, 5.74) is 2.27. The van der Waals surface area contributed by atoms with Gasteiger partial charge in [-0.05, 0) is 18.6 Å². The first-order valence-electron chi connectivity index (χ1n) is 12.1. The van der Waals surface area contributed by atoms with Crippen molar-refractivity contribution in [2.45, 2.75) is 43.7 Å². The van der Waals surface area contributed by atoms with E-state index >= 15 is 0 Å². The fourth-order valence-electron chi connectivity index (χ4n) is 4.75. The molecular weight excluding hydrogens is 492 g/mol. The van der Waals surface area contributed by atoms with Gasteiger partial charge in [-0.25, -0.2) is 19.7 Å². The monoisotopic (exact) mass is 516 g/mol. The molecule has 5 atom stereocenters. The van der Waals surface area contributed by atoms with Gasteiger partial charge < -0.3 is 24.6 Å². The van der Waals surface area contributed by atoms with Gasteiger partial charge in [-0.2, -0.15) is 0 Å². The molecule has 1 unspecified atom stereocenters. The molecule has 4 aromatic rings. The number of aliphatic carboxylic acids is 1. The standard InChI is InChI=1S/C26H24N6O6/c33-18(34)12-11-17-20-21(38-25(37-20)15-7-3-1-4-8-15)24(36-17)32-14-29-19-22(27-13-28-23(19)32)31-26(35)30-16-9-5-2-6-10-16/h1-10,13-14,17,20-21,24-25H,11-12H2,(H,33,34)(H2,27,28,30,31,35)/t17-,20?,21+,24-,25+/m1/s1.